The van der Waals surface area contributed by atoms with Crippen LogP contribution in [-0.2, 0) is 15.3 Å². The Morgan fingerprint density at radius 1 is 1.08 bits per heavy atom. The van der Waals surface area contributed by atoms with Crippen molar-refractivity contribution in [3.63, 3.8) is 0 Å². The van der Waals surface area contributed by atoms with Crippen LogP contribution in [0.15, 0.2) is 83.0 Å². The van der Waals surface area contributed by atoms with Gasteiger partial charge in [-0.15, -0.1) is 10.2 Å². The summed E-state index contributed by atoms with van der Waals surface area (Å²) in [5, 5.41) is 19.9. The van der Waals surface area contributed by atoms with E-state index in [1.165, 1.54) is 53.1 Å². The van der Waals surface area contributed by atoms with Crippen LogP contribution in [0.3, 0.4) is 0 Å². The predicted molar refractivity (Wildman–Crippen MR) is 143 cm³/mol. The molecule has 10 heteroatoms. The third-order valence-corrected chi connectivity index (χ3v) is 8.02. The van der Waals surface area contributed by atoms with Gasteiger partial charge in [0.25, 0.3) is 5.78 Å². The van der Waals surface area contributed by atoms with Crippen LogP contribution >= 0.6 is 23.1 Å². The molecule has 8 nitrogen and oxygen atoms in total. The van der Waals surface area contributed by atoms with Gasteiger partial charge in [-0.1, -0.05) is 65.1 Å². The van der Waals surface area contributed by atoms with Gasteiger partial charge in [-0.3, -0.25) is 19.5 Å². The molecule has 0 spiro atoms. The summed E-state index contributed by atoms with van der Waals surface area (Å²) < 4.78 is 6.03. The van der Waals surface area contributed by atoms with E-state index in [1.807, 2.05) is 6.92 Å². The molecule has 0 aliphatic carbocycles. The lowest BCUT2D eigenvalue weighted by Crippen LogP contribution is -2.29. The molecular formula is C27H22N4O4S2. The minimum Gasteiger partial charge on any atom is -0.507 e. The van der Waals surface area contributed by atoms with Gasteiger partial charge in [-0.05, 0) is 42.3 Å². The second-order valence-corrected chi connectivity index (χ2v) is 10.5. The molecule has 0 saturated carbocycles. The van der Waals surface area contributed by atoms with E-state index in [0.717, 1.165) is 5.56 Å². The number of nitrogens with zero attached hydrogens (tertiary/aromatic N) is 4. The highest BCUT2D eigenvalue weighted by Gasteiger charge is 2.48. The second-order valence-electron chi connectivity index (χ2n) is 8.31. The van der Waals surface area contributed by atoms with Crippen molar-refractivity contribution in [3.8, 4) is 5.75 Å². The lowest BCUT2D eigenvalue weighted by Gasteiger charge is -2.22. The van der Waals surface area contributed by atoms with E-state index >= 15 is 0 Å². The number of hydrogen-bond acceptors (Lipinski definition) is 9. The molecule has 2 aromatic heterocycles. The van der Waals surface area contributed by atoms with Gasteiger partial charge in [-0.25, -0.2) is 0 Å². The number of rotatable bonds is 7. The van der Waals surface area contributed by atoms with Crippen molar-refractivity contribution < 1.29 is 19.4 Å². The smallest absolute Gasteiger partial charge is 0.301 e. The number of hydrogen-bond donors (Lipinski definition) is 1. The standard InChI is InChI=1S/C27H22N4O4S2/c1-16-6-8-17(9-7-16)15-36-27-30-29-26(37-27)31-22(19-4-3-5-20(14-19)35-2)21(24(33)25(31)34)23(32)18-10-12-28-13-11-18/h3-14,22,32H,15H2,1-2H3/b23-21+. The highest BCUT2D eigenvalue weighted by Crippen LogP contribution is 2.44. The van der Waals surface area contributed by atoms with Crippen LogP contribution < -0.4 is 9.64 Å². The number of Topliss-reactive ketones (excluding diaryl/α,β-unsaturated/α-hetero) is 1. The predicted octanol–water partition coefficient (Wildman–Crippen LogP) is 5.17. The Morgan fingerprint density at radius 2 is 1.84 bits per heavy atom. The fourth-order valence-electron chi connectivity index (χ4n) is 4.01. The molecule has 4 aromatic rings. The Kier molecular flexibility index (Phi) is 7.02. The number of aliphatic hydroxyl groups excluding tert-OH is 1. The molecule has 186 valence electrons. The molecular weight excluding hydrogens is 508 g/mol. The van der Waals surface area contributed by atoms with Gasteiger partial charge < -0.3 is 9.84 Å². The number of anilines is 1. The van der Waals surface area contributed by atoms with E-state index in [9.17, 15) is 14.7 Å². The summed E-state index contributed by atoms with van der Waals surface area (Å²) in [7, 11) is 1.54. The molecule has 3 heterocycles. The number of carbonyl (C=O) groups excluding carboxylic acids is 2. The molecule has 1 atom stereocenters. The Morgan fingerprint density at radius 3 is 2.57 bits per heavy atom. The van der Waals surface area contributed by atoms with Crippen molar-refractivity contribution in [1.29, 1.82) is 0 Å². The normalized spacial score (nSPS) is 16.8. The first kappa shape index (κ1) is 24.7. The summed E-state index contributed by atoms with van der Waals surface area (Å²) in [4.78, 5) is 31.9. The zero-order valence-corrected chi connectivity index (χ0v) is 21.6. The van der Waals surface area contributed by atoms with Crippen molar-refractivity contribution in [2.24, 2.45) is 0 Å². The molecule has 1 N–H and O–H groups in total. The number of ether oxygens (including phenoxy) is 1. The fraction of sp³-hybridized carbons (Fsp3) is 0.148. The SMILES string of the molecule is COc1cccc(C2/C(=C(\O)c3ccncc3)C(=O)C(=O)N2c2nnc(SCc3ccc(C)cc3)s2)c1. The van der Waals surface area contributed by atoms with E-state index in [-0.39, 0.29) is 16.5 Å². The zero-order valence-electron chi connectivity index (χ0n) is 20.0. The quantitative estimate of drug-likeness (QED) is 0.115. The fourth-order valence-corrected chi connectivity index (χ4v) is 5.83. The van der Waals surface area contributed by atoms with Crippen LogP contribution in [0.4, 0.5) is 5.13 Å². The minimum atomic E-state index is -0.911. The molecule has 1 amide bonds. The zero-order chi connectivity index (χ0) is 25.9. The molecule has 0 radical (unpaired) electrons. The molecule has 0 bridgehead atoms. The summed E-state index contributed by atoms with van der Waals surface area (Å²) in [6, 6.07) is 17.5. The Labute approximate surface area is 221 Å². The maximum atomic E-state index is 13.3. The molecule has 1 aliphatic rings. The lowest BCUT2D eigenvalue weighted by molar-refractivity contribution is -0.132. The van der Waals surface area contributed by atoms with Gasteiger partial charge in [0.2, 0.25) is 5.13 Å². The van der Waals surface area contributed by atoms with Crippen molar-refractivity contribution in [1.82, 2.24) is 15.2 Å². The highest BCUT2D eigenvalue weighted by molar-refractivity contribution is 8.00. The summed E-state index contributed by atoms with van der Waals surface area (Å²) in [6.45, 7) is 2.04. The van der Waals surface area contributed by atoms with Crippen molar-refractivity contribution >= 4 is 45.7 Å². The molecule has 1 unspecified atom stereocenters. The lowest BCUT2D eigenvalue weighted by atomic mass is 9.95. The number of amides is 1. The largest absolute Gasteiger partial charge is 0.507 e. The van der Waals surface area contributed by atoms with Gasteiger partial charge in [0.15, 0.2) is 4.34 Å². The van der Waals surface area contributed by atoms with Gasteiger partial charge in [-0.2, -0.15) is 0 Å². The maximum Gasteiger partial charge on any atom is 0.301 e. The molecule has 1 aliphatic heterocycles. The summed E-state index contributed by atoms with van der Waals surface area (Å²) >= 11 is 2.73. The van der Waals surface area contributed by atoms with Crippen LogP contribution in [0, 0.1) is 6.92 Å². The van der Waals surface area contributed by atoms with E-state index < -0.39 is 17.7 Å². The van der Waals surface area contributed by atoms with Crippen LogP contribution in [0.5, 0.6) is 5.75 Å². The molecule has 1 fully saturated rings. The van der Waals surface area contributed by atoms with Crippen LogP contribution in [0.1, 0.15) is 28.3 Å². The summed E-state index contributed by atoms with van der Waals surface area (Å²) in [5.41, 5.74) is 3.27. The van der Waals surface area contributed by atoms with Crippen LogP contribution in [0.2, 0.25) is 0 Å². The first-order valence-electron chi connectivity index (χ1n) is 11.3. The van der Waals surface area contributed by atoms with E-state index in [0.29, 0.717) is 27.0 Å². The average Bonchev–Trinajstić information content (AvgIpc) is 3.50. The van der Waals surface area contributed by atoms with Crippen molar-refractivity contribution in [2.75, 3.05) is 12.0 Å². The van der Waals surface area contributed by atoms with Crippen molar-refractivity contribution in [3.05, 3.63) is 101 Å². The van der Waals surface area contributed by atoms with Crippen molar-refractivity contribution in [2.45, 2.75) is 23.1 Å². The number of carbonyl (C=O) groups is 2. The molecule has 5 rings (SSSR count). The third kappa shape index (κ3) is 4.98. The second kappa shape index (κ2) is 10.5. The first-order chi connectivity index (χ1) is 18.0. The average molecular weight is 531 g/mol. The van der Waals surface area contributed by atoms with E-state index in [4.69, 9.17) is 4.74 Å². The van der Waals surface area contributed by atoms with Gasteiger partial charge >= 0.3 is 5.91 Å². The number of aliphatic hydroxyl groups is 1. The first-order valence-corrected chi connectivity index (χ1v) is 13.1. The summed E-state index contributed by atoms with van der Waals surface area (Å²) in [5.74, 6) is -0.622. The monoisotopic (exact) mass is 530 g/mol. The van der Waals surface area contributed by atoms with E-state index in [2.05, 4.69) is 39.4 Å². The number of aromatic nitrogens is 3. The van der Waals surface area contributed by atoms with Gasteiger partial charge in [0, 0.05) is 23.7 Å². The minimum absolute atomic E-state index is 0.0338. The van der Waals surface area contributed by atoms with Gasteiger partial charge in [0.1, 0.15) is 11.5 Å². The number of thioether (sulfide) groups is 1. The van der Waals surface area contributed by atoms with Crippen LogP contribution in [0.25, 0.3) is 5.76 Å². The van der Waals surface area contributed by atoms with Gasteiger partial charge in [0.05, 0.1) is 18.7 Å². The molecule has 1 saturated heterocycles. The number of ketones is 1. The third-order valence-electron chi connectivity index (χ3n) is 5.89. The Bertz CT molecular complexity index is 1490. The topological polar surface area (TPSA) is 106 Å². The number of pyridine rings is 1. The summed E-state index contributed by atoms with van der Waals surface area (Å²) in [6.07, 6.45) is 3.02. The Hall–Kier alpha value is -4.02. The van der Waals surface area contributed by atoms with Crippen LogP contribution in [-0.4, -0.2) is 39.1 Å². The number of benzene rings is 2. The molecule has 37 heavy (non-hydrogen) atoms. The van der Waals surface area contributed by atoms with E-state index in [1.54, 1.807) is 36.4 Å². The highest BCUT2D eigenvalue weighted by atomic mass is 32.2. The molecule has 2 aromatic carbocycles. The maximum absolute atomic E-state index is 13.3. The number of methoxy groups -OCH3 is 1. The number of aryl methyl sites for hydroxylation is 1. The Balaban J connectivity index is 1.54.